The number of halogens is 1. The van der Waals surface area contributed by atoms with Crippen molar-refractivity contribution in [2.24, 2.45) is 5.92 Å². The van der Waals surface area contributed by atoms with Gasteiger partial charge in [0.05, 0.1) is 26.0 Å². The van der Waals surface area contributed by atoms with Crippen molar-refractivity contribution >= 4 is 34.2 Å². The number of carbonyl (C=O) groups excluding carboxylic acids is 1. The van der Waals surface area contributed by atoms with E-state index in [-0.39, 0.29) is 23.7 Å². The van der Waals surface area contributed by atoms with Crippen molar-refractivity contribution in [3.63, 3.8) is 0 Å². The number of β-amino-alcohol motifs (C(OH)–C–C–N with tert-alkyl or cyclic N) is 1. The molecule has 2 N–H and O–H groups in total. The number of likely N-dealkylation sites (tertiary alicyclic amines) is 1. The number of aliphatic hydroxyl groups excluding tert-OH is 1. The fourth-order valence-electron chi connectivity index (χ4n) is 3.44. The molecule has 1 atom stereocenters. The lowest BCUT2D eigenvalue weighted by Gasteiger charge is -2.16. The molecule has 1 fully saturated rings. The van der Waals surface area contributed by atoms with Crippen LogP contribution in [0.1, 0.15) is 12.2 Å². The van der Waals surface area contributed by atoms with Gasteiger partial charge in [0.25, 0.3) is 0 Å². The molecule has 0 saturated carbocycles. The summed E-state index contributed by atoms with van der Waals surface area (Å²) in [6, 6.07) is 9.28. The fraction of sp³-hybridized carbons (Fsp3) is 0.350. The molecule has 4 rings (SSSR count). The van der Waals surface area contributed by atoms with E-state index in [4.69, 9.17) is 25.9 Å². The topological polar surface area (TPSA) is 101 Å². The summed E-state index contributed by atoms with van der Waals surface area (Å²) in [6.45, 7) is 1.74. The Morgan fingerprint density at radius 2 is 2.21 bits per heavy atom. The standard InChI is InChI=1S/C20H21ClN4O4/c21-20-23-18-15(19(24-20)22-10-14-3-2-8-28-14)4-1-5-16(18)29-12-13-9-17(27)25(11-13)6-7-26/h1-5,8,13,26H,6-7,9-12H2,(H,22,23,24). The van der Waals surface area contributed by atoms with Gasteiger partial charge in [-0.1, -0.05) is 6.07 Å². The lowest BCUT2D eigenvalue weighted by Crippen LogP contribution is -2.28. The Morgan fingerprint density at radius 1 is 1.31 bits per heavy atom. The minimum absolute atomic E-state index is 0.0359. The van der Waals surface area contributed by atoms with E-state index in [0.717, 1.165) is 11.1 Å². The number of hydrogen-bond donors (Lipinski definition) is 2. The van der Waals surface area contributed by atoms with Gasteiger partial charge in [-0.3, -0.25) is 4.79 Å². The Bertz CT molecular complexity index is 996. The van der Waals surface area contributed by atoms with Gasteiger partial charge >= 0.3 is 0 Å². The molecule has 1 aliphatic heterocycles. The number of ether oxygens (including phenoxy) is 1. The number of para-hydroxylation sites is 1. The van der Waals surface area contributed by atoms with Crippen molar-refractivity contribution < 1.29 is 19.1 Å². The van der Waals surface area contributed by atoms with Gasteiger partial charge in [0.15, 0.2) is 0 Å². The number of anilines is 1. The zero-order chi connectivity index (χ0) is 20.2. The van der Waals surface area contributed by atoms with E-state index >= 15 is 0 Å². The molecule has 3 aromatic rings. The summed E-state index contributed by atoms with van der Waals surface area (Å²) in [7, 11) is 0. The lowest BCUT2D eigenvalue weighted by atomic mass is 10.1. The van der Waals surface area contributed by atoms with Crippen LogP contribution in [0.15, 0.2) is 41.0 Å². The molecule has 29 heavy (non-hydrogen) atoms. The molecule has 0 bridgehead atoms. The van der Waals surface area contributed by atoms with E-state index in [9.17, 15) is 4.79 Å². The SMILES string of the molecule is O=C1CC(COc2cccc3c(NCc4ccco4)nc(Cl)nc23)CN1CCO. The van der Waals surface area contributed by atoms with Crippen LogP contribution >= 0.6 is 11.6 Å². The Balaban J connectivity index is 1.50. The predicted octanol–water partition coefficient (Wildman–Crippen LogP) is 2.71. The third-order valence-electron chi connectivity index (χ3n) is 4.81. The minimum Gasteiger partial charge on any atom is -0.491 e. The van der Waals surface area contributed by atoms with Gasteiger partial charge in [0.2, 0.25) is 11.2 Å². The molecule has 9 heteroatoms. The highest BCUT2D eigenvalue weighted by molar-refractivity contribution is 6.29. The molecule has 8 nitrogen and oxygen atoms in total. The number of rotatable bonds is 8. The molecule has 2 aromatic heterocycles. The number of fused-ring (bicyclic) bond motifs is 1. The summed E-state index contributed by atoms with van der Waals surface area (Å²) in [5, 5.41) is 13.2. The smallest absolute Gasteiger partial charge is 0.225 e. The van der Waals surface area contributed by atoms with Crippen molar-refractivity contribution in [1.82, 2.24) is 14.9 Å². The van der Waals surface area contributed by atoms with Gasteiger partial charge in [-0.05, 0) is 35.9 Å². The highest BCUT2D eigenvalue weighted by atomic mass is 35.5. The van der Waals surface area contributed by atoms with Crippen LogP contribution in [0.4, 0.5) is 5.82 Å². The number of amides is 1. The first-order chi connectivity index (χ1) is 14.1. The second-order valence-electron chi connectivity index (χ2n) is 6.87. The number of nitrogens with zero attached hydrogens (tertiary/aromatic N) is 3. The number of nitrogens with one attached hydrogen (secondary N) is 1. The number of aliphatic hydroxyl groups is 1. The molecular formula is C20H21ClN4O4. The van der Waals surface area contributed by atoms with Crippen molar-refractivity contribution in [3.8, 4) is 5.75 Å². The normalized spacial score (nSPS) is 16.6. The van der Waals surface area contributed by atoms with Crippen molar-refractivity contribution in [2.75, 3.05) is 31.6 Å². The average Bonchev–Trinajstić information content (AvgIpc) is 3.35. The fourth-order valence-corrected chi connectivity index (χ4v) is 3.61. The number of furan rings is 1. The van der Waals surface area contributed by atoms with Crippen molar-refractivity contribution in [2.45, 2.75) is 13.0 Å². The molecule has 1 saturated heterocycles. The maximum atomic E-state index is 12.0. The molecule has 1 aliphatic rings. The molecule has 0 aliphatic carbocycles. The third-order valence-corrected chi connectivity index (χ3v) is 4.98. The number of carbonyl (C=O) groups is 1. The molecule has 1 amide bonds. The maximum absolute atomic E-state index is 12.0. The molecule has 3 heterocycles. The van der Waals surface area contributed by atoms with E-state index in [1.54, 1.807) is 11.2 Å². The quantitative estimate of drug-likeness (QED) is 0.544. The zero-order valence-corrected chi connectivity index (χ0v) is 16.4. The Morgan fingerprint density at radius 3 is 3.00 bits per heavy atom. The summed E-state index contributed by atoms with van der Waals surface area (Å²) < 4.78 is 11.3. The van der Waals surface area contributed by atoms with Gasteiger partial charge in [-0.15, -0.1) is 0 Å². The minimum atomic E-state index is -0.0359. The molecule has 1 aromatic carbocycles. The third kappa shape index (κ3) is 4.44. The van der Waals surface area contributed by atoms with Crippen LogP contribution < -0.4 is 10.1 Å². The van der Waals surface area contributed by atoms with E-state index in [1.165, 1.54) is 0 Å². The van der Waals surface area contributed by atoms with Crippen molar-refractivity contribution in [3.05, 3.63) is 47.6 Å². The van der Waals surface area contributed by atoms with Crippen LogP contribution in [0, 0.1) is 5.92 Å². The molecule has 0 spiro atoms. The number of benzene rings is 1. The van der Waals surface area contributed by atoms with Crippen molar-refractivity contribution in [1.29, 1.82) is 0 Å². The van der Waals surface area contributed by atoms with Crippen LogP contribution in [0.25, 0.3) is 10.9 Å². The van der Waals surface area contributed by atoms with E-state index in [2.05, 4.69) is 15.3 Å². The summed E-state index contributed by atoms with van der Waals surface area (Å²) in [5.74, 6) is 2.06. The summed E-state index contributed by atoms with van der Waals surface area (Å²) in [6.07, 6.45) is 2.03. The Kier molecular flexibility index (Phi) is 5.82. The second-order valence-corrected chi connectivity index (χ2v) is 7.21. The Hall–Kier alpha value is -2.84. The van der Waals surface area contributed by atoms with E-state index < -0.39 is 0 Å². The first-order valence-corrected chi connectivity index (χ1v) is 9.76. The number of hydrogen-bond acceptors (Lipinski definition) is 7. The van der Waals surface area contributed by atoms with E-state index in [0.29, 0.717) is 49.7 Å². The zero-order valence-electron chi connectivity index (χ0n) is 15.7. The largest absolute Gasteiger partial charge is 0.491 e. The van der Waals surface area contributed by atoms with Gasteiger partial charge in [-0.2, -0.15) is 0 Å². The summed E-state index contributed by atoms with van der Waals surface area (Å²) >= 11 is 6.14. The van der Waals surface area contributed by atoms with Crippen LogP contribution in [0.5, 0.6) is 5.75 Å². The van der Waals surface area contributed by atoms with Gasteiger partial charge in [0.1, 0.15) is 22.8 Å². The summed E-state index contributed by atoms with van der Waals surface area (Å²) in [5.41, 5.74) is 0.603. The second kappa shape index (κ2) is 8.67. The first-order valence-electron chi connectivity index (χ1n) is 9.38. The number of aromatic nitrogens is 2. The predicted molar refractivity (Wildman–Crippen MR) is 108 cm³/mol. The average molecular weight is 417 g/mol. The highest BCUT2D eigenvalue weighted by Gasteiger charge is 2.29. The van der Waals surface area contributed by atoms with Crippen LogP contribution in [0.2, 0.25) is 5.28 Å². The van der Waals surface area contributed by atoms with Crippen LogP contribution in [-0.4, -0.2) is 52.2 Å². The maximum Gasteiger partial charge on any atom is 0.225 e. The molecular weight excluding hydrogens is 396 g/mol. The van der Waals surface area contributed by atoms with Crippen LogP contribution in [0.3, 0.4) is 0 Å². The van der Waals surface area contributed by atoms with Gasteiger partial charge in [-0.25, -0.2) is 9.97 Å². The first kappa shape index (κ1) is 19.5. The summed E-state index contributed by atoms with van der Waals surface area (Å²) in [4.78, 5) is 22.3. The van der Waals surface area contributed by atoms with E-state index in [1.807, 2.05) is 30.3 Å². The molecule has 0 radical (unpaired) electrons. The molecule has 1 unspecified atom stereocenters. The van der Waals surface area contributed by atoms with Gasteiger partial charge in [0, 0.05) is 30.8 Å². The Labute approximate surface area is 172 Å². The van der Waals surface area contributed by atoms with Gasteiger partial charge < -0.3 is 24.5 Å². The monoisotopic (exact) mass is 416 g/mol. The van der Waals surface area contributed by atoms with Crippen LogP contribution in [-0.2, 0) is 11.3 Å². The highest BCUT2D eigenvalue weighted by Crippen LogP contribution is 2.30. The lowest BCUT2D eigenvalue weighted by molar-refractivity contribution is -0.128. The molecule has 152 valence electrons.